The molecule has 0 aliphatic carbocycles. The summed E-state index contributed by atoms with van der Waals surface area (Å²) in [5.41, 5.74) is -1.92. The van der Waals surface area contributed by atoms with Crippen LogP contribution in [-0.2, 0) is 30.2 Å². The van der Waals surface area contributed by atoms with E-state index in [2.05, 4.69) is 9.97 Å². The zero-order valence-electron chi connectivity index (χ0n) is 30.5. The number of carbonyl (C=O) groups is 1. The van der Waals surface area contributed by atoms with Gasteiger partial charge in [0.15, 0.2) is 17.2 Å². The molecule has 0 spiro atoms. The van der Waals surface area contributed by atoms with Crippen LogP contribution in [0.4, 0.5) is 32.3 Å². The van der Waals surface area contributed by atoms with Crippen molar-refractivity contribution in [3.05, 3.63) is 88.7 Å². The SMILES string of the molecule is COc1cc(CN(Cc2cc(C(F)(F)F)cc(C(F)(F)F)c2)c2ncc(OCC(C)(C)C(=O)[O-])cn2)c(-c2cc(C(C)C)ccc2OC)cc1OC.[Na+]. The van der Waals surface area contributed by atoms with Crippen LogP contribution in [0.2, 0.25) is 0 Å². The van der Waals surface area contributed by atoms with Crippen molar-refractivity contribution in [2.45, 2.75) is 59.1 Å². The average Bonchev–Trinajstić information content (AvgIpc) is 3.09. The van der Waals surface area contributed by atoms with Crippen LogP contribution in [0.1, 0.15) is 61.4 Å². The quantitative estimate of drug-likeness (QED) is 0.134. The van der Waals surface area contributed by atoms with Crippen LogP contribution in [0.15, 0.2) is 60.9 Å². The second-order valence-electron chi connectivity index (χ2n) is 12.9. The molecule has 0 aliphatic heterocycles. The molecular weight excluding hydrogens is 719 g/mol. The summed E-state index contributed by atoms with van der Waals surface area (Å²) in [5, 5.41) is 11.4. The fourth-order valence-electron chi connectivity index (χ4n) is 5.20. The molecule has 0 saturated heterocycles. The van der Waals surface area contributed by atoms with Crippen molar-refractivity contribution in [2.24, 2.45) is 5.41 Å². The first-order valence-electron chi connectivity index (χ1n) is 15.9. The second kappa shape index (κ2) is 17.3. The molecule has 0 unspecified atom stereocenters. The zero-order valence-corrected chi connectivity index (χ0v) is 32.5. The van der Waals surface area contributed by atoms with Gasteiger partial charge in [0, 0.05) is 24.1 Å². The van der Waals surface area contributed by atoms with Crippen LogP contribution in [0.5, 0.6) is 23.0 Å². The number of benzene rings is 3. The first kappa shape index (κ1) is 43.2. The Morgan fingerprint density at radius 1 is 0.774 bits per heavy atom. The van der Waals surface area contributed by atoms with Crippen LogP contribution in [0, 0.1) is 5.41 Å². The van der Waals surface area contributed by atoms with Crippen molar-refractivity contribution in [3.63, 3.8) is 0 Å². The standard InChI is InChI=1S/C37H39F6N3O6.Na/c1-21(2)23-8-9-30(49-5)29(12-23)28-15-32(51-7)31(50-6)13-24(28)19-46(34-44-16-27(17-45-34)52-20-35(3,4)33(47)48)18-22-10-25(36(38,39)40)14-26(11-22)37(41,42)43;/h8-17,21H,18-20H2,1-7H3,(H,47,48);/q;+1/p-1. The Labute approximate surface area is 325 Å². The summed E-state index contributed by atoms with van der Waals surface area (Å²) in [6.45, 7) is 5.88. The summed E-state index contributed by atoms with van der Waals surface area (Å²) in [4.78, 5) is 21.4. The molecule has 4 aromatic rings. The number of rotatable bonds is 14. The van der Waals surface area contributed by atoms with Crippen LogP contribution in [0.25, 0.3) is 11.1 Å². The van der Waals surface area contributed by atoms with Gasteiger partial charge in [-0.15, -0.1) is 0 Å². The van der Waals surface area contributed by atoms with Crippen molar-refractivity contribution < 1.29 is 84.7 Å². The molecule has 4 rings (SSSR count). The Kier molecular flexibility index (Phi) is 14.1. The third-order valence-electron chi connectivity index (χ3n) is 8.22. The van der Waals surface area contributed by atoms with E-state index in [9.17, 15) is 36.2 Å². The number of halogens is 6. The molecule has 16 heteroatoms. The largest absolute Gasteiger partial charge is 1.00 e. The molecule has 0 radical (unpaired) electrons. The number of carboxylic acids is 1. The Balaban J connectivity index is 0.00000756. The Morgan fingerprint density at radius 2 is 1.32 bits per heavy atom. The van der Waals surface area contributed by atoms with E-state index in [1.807, 2.05) is 26.0 Å². The van der Waals surface area contributed by atoms with E-state index in [1.54, 1.807) is 18.2 Å². The number of alkyl halides is 6. The summed E-state index contributed by atoms with van der Waals surface area (Å²) >= 11 is 0. The zero-order chi connectivity index (χ0) is 38.6. The van der Waals surface area contributed by atoms with Gasteiger partial charge >= 0.3 is 41.9 Å². The summed E-state index contributed by atoms with van der Waals surface area (Å²) < 4.78 is 105. The molecule has 1 heterocycles. The monoisotopic (exact) mass is 757 g/mol. The number of carboxylic acid groups (broad SMARTS) is 1. The predicted molar refractivity (Wildman–Crippen MR) is 178 cm³/mol. The third-order valence-corrected chi connectivity index (χ3v) is 8.22. The van der Waals surface area contributed by atoms with Crippen molar-refractivity contribution in [1.82, 2.24) is 9.97 Å². The van der Waals surface area contributed by atoms with Crippen LogP contribution in [0.3, 0.4) is 0 Å². The van der Waals surface area contributed by atoms with Crippen molar-refractivity contribution in [1.29, 1.82) is 0 Å². The van der Waals surface area contributed by atoms with E-state index >= 15 is 0 Å². The third kappa shape index (κ3) is 10.7. The number of ether oxygens (including phenoxy) is 4. The number of aliphatic carboxylic acids is 1. The average molecular weight is 758 g/mol. The minimum Gasteiger partial charge on any atom is -0.549 e. The molecule has 0 N–H and O–H groups in total. The first-order chi connectivity index (χ1) is 24.3. The number of hydrogen-bond donors (Lipinski definition) is 0. The molecule has 0 aliphatic rings. The number of hydrogen-bond acceptors (Lipinski definition) is 9. The fraction of sp³-hybridized carbons (Fsp3) is 0.378. The molecule has 0 saturated carbocycles. The molecule has 3 aromatic carbocycles. The number of carbonyl (C=O) groups excluding carboxylic acids is 1. The van der Waals surface area contributed by atoms with Gasteiger partial charge in [0.1, 0.15) is 5.75 Å². The Morgan fingerprint density at radius 3 is 1.81 bits per heavy atom. The van der Waals surface area contributed by atoms with E-state index in [4.69, 9.17) is 18.9 Å². The van der Waals surface area contributed by atoms with Crippen LogP contribution >= 0.6 is 0 Å². The van der Waals surface area contributed by atoms with E-state index in [-0.39, 0.29) is 72.0 Å². The molecule has 53 heavy (non-hydrogen) atoms. The molecule has 1 aromatic heterocycles. The second-order valence-corrected chi connectivity index (χ2v) is 12.9. The van der Waals surface area contributed by atoms with Gasteiger partial charge in [-0.25, -0.2) is 9.97 Å². The van der Waals surface area contributed by atoms with Gasteiger partial charge in [-0.05, 0) is 70.6 Å². The molecular formula is C37H38F6N3NaO6. The maximum Gasteiger partial charge on any atom is 1.00 e. The number of aromatic nitrogens is 2. The van der Waals surface area contributed by atoms with Crippen LogP contribution in [-0.4, -0.2) is 43.9 Å². The molecule has 9 nitrogen and oxygen atoms in total. The molecule has 0 atom stereocenters. The normalized spacial score (nSPS) is 11.9. The molecule has 0 amide bonds. The van der Waals surface area contributed by atoms with Crippen molar-refractivity contribution >= 4 is 11.9 Å². The maximum absolute atomic E-state index is 13.9. The minimum atomic E-state index is -5.07. The van der Waals surface area contributed by atoms with Gasteiger partial charge in [0.05, 0.1) is 57.4 Å². The summed E-state index contributed by atoms with van der Waals surface area (Å²) in [5.74, 6) is -0.0840. The van der Waals surface area contributed by atoms with Gasteiger partial charge in [0.25, 0.3) is 0 Å². The fourth-order valence-corrected chi connectivity index (χ4v) is 5.20. The van der Waals surface area contributed by atoms with Gasteiger partial charge in [-0.1, -0.05) is 33.8 Å². The van der Waals surface area contributed by atoms with Gasteiger partial charge < -0.3 is 33.7 Å². The van der Waals surface area contributed by atoms with Crippen molar-refractivity contribution in [2.75, 3.05) is 32.8 Å². The van der Waals surface area contributed by atoms with E-state index in [1.165, 1.54) is 52.5 Å². The van der Waals surface area contributed by atoms with E-state index in [0.29, 0.717) is 46.1 Å². The molecule has 280 valence electrons. The van der Waals surface area contributed by atoms with E-state index < -0.39 is 41.4 Å². The topological polar surface area (TPSA) is 106 Å². The van der Waals surface area contributed by atoms with E-state index in [0.717, 1.165) is 5.56 Å². The summed E-state index contributed by atoms with van der Waals surface area (Å²) in [7, 11) is 4.37. The molecule has 0 fully saturated rings. The summed E-state index contributed by atoms with van der Waals surface area (Å²) in [6.07, 6.45) is -7.69. The number of nitrogens with zero attached hydrogens (tertiary/aromatic N) is 3. The minimum absolute atomic E-state index is 0. The number of anilines is 1. The van der Waals surface area contributed by atoms with Crippen molar-refractivity contribution in [3.8, 4) is 34.1 Å². The predicted octanol–water partition coefficient (Wildman–Crippen LogP) is 4.70. The first-order valence-corrected chi connectivity index (χ1v) is 15.9. The molecule has 0 bridgehead atoms. The van der Waals surface area contributed by atoms with Crippen LogP contribution < -0.4 is 58.5 Å². The smallest absolute Gasteiger partial charge is 0.549 e. The van der Waals surface area contributed by atoms with Gasteiger partial charge in [0.2, 0.25) is 5.95 Å². The summed E-state index contributed by atoms with van der Waals surface area (Å²) in [6, 6.07) is 10.3. The maximum atomic E-state index is 13.9. The Hall–Kier alpha value is -4.21. The number of methoxy groups -OCH3 is 3. The van der Waals surface area contributed by atoms with Gasteiger partial charge in [-0.3, -0.25) is 0 Å². The van der Waals surface area contributed by atoms with Gasteiger partial charge in [-0.2, -0.15) is 26.3 Å². The Bertz CT molecular complexity index is 1850.